The number of piperidine rings is 1. The standard InChI is InChI=1S/C14H23NO5S/c1-4-19-12-6-5-7-15(8-12)21(17,18)14-11(3)20-10(2)13(14)9-16/h12,16H,4-9H2,1-3H3. The minimum Gasteiger partial charge on any atom is -0.465 e. The average Bonchev–Trinajstić information content (AvgIpc) is 2.74. The fourth-order valence-corrected chi connectivity index (χ4v) is 4.77. The van der Waals surface area contributed by atoms with Crippen LogP contribution in [0.1, 0.15) is 36.8 Å². The summed E-state index contributed by atoms with van der Waals surface area (Å²) in [4.78, 5) is 0.111. The Balaban J connectivity index is 2.34. The first-order valence-corrected chi connectivity index (χ1v) is 8.67. The van der Waals surface area contributed by atoms with Crippen LogP contribution in [0.3, 0.4) is 0 Å². The number of hydrogen-bond donors (Lipinski definition) is 1. The van der Waals surface area contributed by atoms with Crippen molar-refractivity contribution in [2.24, 2.45) is 0 Å². The maximum Gasteiger partial charge on any atom is 0.247 e. The second-order valence-corrected chi connectivity index (χ2v) is 7.14. The maximum absolute atomic E-state index is 12.9. The van der Waals surface area contributed by atoms with Gasteiger partial charge in [0.05, 0.1) is 12.7 Å². The lowest BCUT2D eigenvalue weighted by atomic mass is 10.1. The molecular formula is C14H23NO5S. The Labute approximate surface area is 125 Å². The molecule has 120 valence electrons. The van der Waals surface area contributed by atoms with Gasteiger partial charge in [-0.1, -0.05) is 0 Å². The molecular weight excluding hydrogens is 294 g/mol. The third kappa shape index (κ3) is 3.15. The predicted octanol–water partition coefficient (Wildman–Crippen LogP) is 1.58. The van der Waals surface area contributed by atoms with E-state index < -0.39 is 10.0 Å². The summed E-state index contributed by atoms with van der Waals surface area (Å²) >= 11 is 0. The SMILES string of the molecule is CCOC1CCCN(S(=O)(=O)c2c(C)oc(C)c2CO)C1. The fraction of sp³-hybridized carbons (Fsp3) is 0.714. The summed E-state index contributed by atoms with van der Waals surface area (Å²) in [6.07, 6.45) is 1.58. The van der Waals surface area contributed by atoms with Crippen molar-refractivity contribution in [2.45, 2.75) is 51.2 Å². The van der Waals surface area contributed by atoms with Crippen LogP contribution < -0.4 is 0 Å². The Morgan fingerprint density at radius 3 is 2.71 bits per heavy atom. The minimum absolute atomic E-state index is 0.0654. The largest absolute Gasteiger partial charge is 0.465 e. The number of rotatable bonds is 5. The lowest BCUT2D eigenvalue weighted by molar-refractivity contribution is 0.0264. The number of hydrogen-bond acceptors (Lipinski definition) is 5. The van der Waals surface area contributed by atoms with E-state index in [-0.39, 0.29) is 17.6 Å². The highest BCUT2D eigenvalue weighted by atomic mass is 32.2. The summed E-state index contributed by atoms with van der Waals surface area (Å²) in [5, 5.41) is 9.44. The number of aliphatic hydroxyl groups is 1. The molecule has 0 bridgehead atoms. The van der Waals surface area contributed by atoms with E-state index in [0.29, 0.717) is 36.8 Å². The van der Waals surface area contributed by atoms with Crippen molar-refractivity contribution in [1.29, 1.82) is 0 Å². The number of sulfonamides is 1. The van der Waals surface area contributed by atoms with Gasteiger partial charge in [-0.05, 0) is 33.6 Å². The summed E-state index contributed by atoms with van der Waals surface area (Å²) < 4.78 is 38.1. The van der Waals surface area contributed by atoms with Gasteiger partial charge < -0.3 is 14.3 Å². The summed E-state index contributed by atoms with van der Waals surface area (Å²) in [5.41, 5.74) is 0.353. The molecule has 0 spiro atoms. The number of aliphatic hydroxyl groups excluding tert-OH is 1. The van der Waals surface area contributed by atoms with Crippen LogP contribution in [0.2, 0.25) is 0 Å². The van der Waals surface area contributed by atoms with Gasteiger partial charge in [0.25, 0.3) is 0 Å². The van der Waals surface area contributed by atoms with Gasteiger partial charge in [0.15, 0.2) is 0 Å². The molecule has 2 heterocycles. The van der Waals surface area contributed by atoms with Crippen LogP contribution in [0, 0.1) is 13.8 Å². The van der Waals surface area contributed by atoms with Crippen LogP contribution in [-0.4, -0.2) is 43.6 Å². The van der Waals surface area contributed by atoms with E-state index in [1.54, 1.807) is 13.8 Å². The molecule has 0 saturated carbocycles. The van der Waals surface area contributed by atoms with Gasteiger partial charge in [-0.2, -0.15) is 4.31 Å². The third-order valence-corrected chi connectivity index (χ3v) is 5.89. The van der Waals surface area contributed by atoms with Crippen LogP contribution in [0.15, 0.2) is 9.31 Å². The van der Waals surface area contributed by atoms with E-state index in [2.05, 4.69) is 0 Å². The summed E-state index contributed by atoms with van der Waals surface area (Å²) in [5.74, 6) is 0.780. The van der Waals surface area contributed by atoms with Gasteiger partial charge in [-0.25, -0.2) is 8.42 Å². The summed E-state index contributed by atoms with van der Waals surface area (Å²) in [7, 11) is -3.67. The monoisotopic (exact) mass is 317 g/mol. The zero-order chi connectivity index (χ0) is 15.6. The Morgan fingerprint density at radius 2 is 2.10 bits per heavy atom. The topological polar surface area (TPSA) is 80.0 Å². The van der Waals surface area contributed by atoms with Gasteiger partial charge in [0.1, 0.15) is 16.4 Å². The molecule has 1 saturated heterocycles. The van der Waals surface area contributed by atoms with Crippen LogP contribution in [0.5, 0.6) is 0 Å². The molecule has 1 N–H and O–H groups in total. The third-order valence-electron chi connectivity index (χ3n) is 3.82. The molecule has 21 heavy (non-hydrogen) atoms. The summed E-state index contributed by atoms with van der Waals surface area (Å²) in [6, 6.07) is 0. The average molecular weight is 317 g/mol. The first-order valence-electron chi connectivity index (χ1n) is 7.23. The zero-order valence-corrected chi connectivity index (χ0v) is 13.6. The van der Waals surface area contributed by atoms with E-state index in [9.17, 15) is 13.5 Å². The molecule has 6 nitrogen and oxygen atoms in total. The first kappa shape index (κ1) is 16.5. The van der Waals surface area contributed by atoms with E-state index in [0.717, 1.165) is 12.8 Å². The molecule has 1 aromatic heterocycles. The normalized spacial score (nSPS) is 20.9. The van der Waals surface area contributed by atoms with Crippen molar-refractivity contribution in [1.82, 2.24) is 4.31 Å². The molecule has 1 unspecified atom stereocenters. The highest BCUT2D eigenvalue weighted by Gasteiger charge is 2.35. The van der Waals surface area contributed by atoms with E-state index in [4.69, 9.17) is 9.15 Å². The molecule has 7 heteroatoms. The lowest BCUT2D eigenvalue weighted by Gasteiger charge is -2.31. The molecule has 1 aliphatic heterocycles. The molecule has 0 radical (unpaired) electrons. The van der Waals surface area contributed by atoms with E-state index in [1.165, 1.54) is 4.31 Å². The van der Waals surface area contributed by atoms with E-state index >= 15 is 0 Å². The van der Waals surface area contributed by atoms with Gasteiger partial charge in [-0.3, -0.25) is 0 Å². The van der Waals surface area contributed by atoms with Crippen molar-refractivity contribution in [3.05, 3.63) is 17.1 Å². The minimum atomic E-state index is -3.67. The molecule has 0 amide bonds. The molecule has 1 aliphatic rings. The van der Waals surface area contributed by atoms with Crippen molar-refractivity contribution in [2.75, 3.05) is 19.7 Å². The number of aryl methyl sites for hydroxylation is 2. The molecule has 0 aliphatic carbocycles. The summed E-state index contributed by atoms with van der Waals surface area (Å²) in [6.45, 7) is 6.23. The molecule has 0 aromatic carbocycles. The van der Waals surface area contributed by atoms with Crippen LogP contribution in [0.25, 0.3) is 0 Å². The number of furan rings is 1. The van der Waals surface area contributed by atoms with Gasteiger partial charge >= 0.3 is 0 Å². The highest BCUT2D eigenvalue weighted by molar-refractivity contribution is 7.89. The molecule has 1 aromatic rings. The molecule has 1 atom stereocenters. The lowest BCUT2D eigenvalue weighted by Crippen LogP contribution is -2.43. The van der Waals surface area contributed by atoms with Gasteiger partial charge in [0, 0.05) is 25.3 Å². The van der Waals surface area contributed by atoms with Gasteiger partial charge in [0.2, 0.25) is 10.0 Å². The first-order chi connectivity index (χ1) is 9.91. The van der Waals surface area contributed by atoms with Gasteiger partial charge in [-0.15, -0.1) is 0 Å². The second-order valence-electron chi connectivity index (χ2n) is 5.26. The second kappa shape index (κ2) is 6.48. The quantitative estimate of drug-likeness (QED) is 0.892. The molecule has 1 fully saturated rings. The van der Waals surface area contributed by atoms with Crippen molar-refractivity contribution >= 4 is 10.0 Å². The predicted molar refractivity (Wildman–Crippen MR) is 77.5 cm³/mol. The molecule has 2 rings (SSSR count). The zero-order valence-electron chi connectivity index (χ0n) is 12.8. The van der Waals surface area contributed by atoms with Crippen LogP contribution in [0.4, 0.5) is 0 Å². The van der Waals surface area contributed by atoms with Crippen molar-refractivity contribution in [3.8, 4) is 0 Å². The fourth-order valence-electron chi connectivity index (χ4n) is 2.85. The van der Waals surface area contributed by atoms with Crippen LogP contribution >= 0.6 is 0 Å². The Morgan fingerprint density at radius 1 is 1.38 bits per heavy atom. The van der Waals surface area contributed by atoms with Crippen molar-refractivity contribution in [3.63, 3.8) is 0 Å². The number of ether oxygens (including phenoxy) is 1. The Kier molecular flexibility index (Phi) is 5.08. The van der Waals surface area contributed by atoms with Crippen molar-refractivity contribution < 1.29 is 22.7 Å². The maximum atomic E-state index is 12.9. The number of nitrogens with zero attached hydrogens (tertiary/aromatic N) is 1. The van der Waals surface area contributed by atoms with E-state index in [1.807, 2.05) is 6.92 Å². The van der Waals surface area contributed by atoms with Crippen LogP contribution in [-0.2, 0) is 21.4 Å². The Hall–Kier alpha value is -0.890. The Bertz CT molecular complexity index is 591. The highest BCUT2D eigenvalue weighted by Crippen LogP contribution is 2.31. The smallest absolute Gasteiger partial charge is 0.247 e.